The molecule has 76 valence electrons. The molecule has 0 amide bonds. The molecule has 0 saturated heterocycles. The lowest BCUT2D eigenvalue weighted by Gasteiger charge is -2.22. The first-order valence-corrected chi connectivity index (χ1v) is 4.79. The molecule has 1 rings (SSSR count). The van der Waals surface area contributed by atoms with Gasteiger partial charge in [-0.2, -0.15) is 0 Å². The Labute approximate surface area is 79.8 Å². The Kier molecular flexibility index (Phi) is 9.24. The van der Waals surface area contributed by atoms with Crippen molar-refractivity contribution in [1.82, 2.24) is 0 Å². The summed E-state index contributed by atoms with van der Waals surface area (Å²) in [6.07, 6.45) is 8.99. The summed E-state index contributed by atoms with van der Waals surface area (Å²) in [6, 6.07) is 0. The van der Waals surface area contributed by atoms with Gasteiger partial charge >= 0.3 is 0 Å². The van der Waals surface area contributed by atoms with Crippen molar-refractivity contribution in [3.63, 3.8) is 0 Å². The monoisotopic (exact) mass is 172 g/mol. The molecule has 0 radical (unpaired) electrons. The van der Waals surface area contributed by atoms with Gasteiger partial charge in [-0.3, -0.25) is 0 Å². The van der Waals surface area contributed by atoms with Crippen LogP contribution >= 0.6 is 0 Å². The molecule has 0 heterocycles. The van der Waals surface area contributed by atoms with E-state index in [1.807, 2.05) is 0 Å². The van der Waals surface area contributed by atoms with Crippen LogP contribution in [0, 0.1) is 11.8 Å². The molecular formula is C12H28. The predicted molar refractivity (Wildman–Crippen MR) is 59.5 cm³/mol. The molecule has 0 unspecified atom stereocenters. The SMILES string of the molecule is C.C.CC(C)CC1CCCCC1. The maximum absolute atomic E-state index is 2.34. The summed E-state index contributed by atoms with van der Waals surface area (Å²) in [6.45, 7) is 4.68. The largest absolute Gasteiger partial charge is 0.0776 e. The highest BCUT2D eigenvalue weighted by Crippen LogP contribution is 2.28. The molecule has 1 fully saturated rings. The van der Waals surface area contributed by atoms with Gasteiger partial charge in [0, 0.05) is 0 Å². The first kappa shape index (κ1) is 14.5. The van der Waals surface area contributed by atoms with E-state index in [0.29, 0.717) is 0 Å². The fraction of sp³-hybridized carbons (Fsp3) is 1.00. The minimum Gasteiger partial charge on any atom is -0.0776 e. The van der Waals surface area contributed by atoms with Crippen molar-refractivity contribution in [2.45, 2.75) is 67.2 Å². The summed E-state index contributed by atoms with van der Waals surface area (Å²) < 4.78 is 0. The van der Waals surface area contributed by atoms with Gasteiger partial charge in [0.15, 0.2) is 0 Å². The predicted octanol–water partition coefficient (Wildman–Crippen LogP) is 4.89. The van der Waals surface area contributed by atoms with E-state index in [-0.39, 0.29) is 14.9 Å². The Hall–Kier alpha value is 0. The minimum absolute atomic E-state index is 0. The van der Waals surface area contributed by atoms with E-state index in [9.17, 15) is 0 Å². The summed E-state index contributed by atoms with van der Waals surface area (Å²) in [5.41, 5.74) is 0. The van der Waals surface area contributed by atoms with Gasteiger partial charge in [-0.15, -0.1) is 0 Å². The first-order chi connectivity index (χ1) is 4.79. The van der Waals surface area contributed by atoms with Gasteiger partial charge < -0.3 is 0 Å². The summed E-state index contributed by atoms with van der Waals surface area (Å²) in [7, 11) is 0. The molecule has 0 aromatic heterocycles. The molecule has 0 aromatic carbocycles. The maximum Gasteiger partial charge on any atom is -0.0412 e. The van der Waals surface area contributed by atoms with Crippen molar-refractivity contribution in [3.8, 4) is 0 Å². The lowest BCUT2D eigenvalue weighted by Crippen LogP contribution is -2.08. The Balaban J connectivity index is 0. The topological polar surface area (TPSA) is 0 Å². The third-order valence-electron chi connectivity index (χ3n) is 2.53. The highest BCUT2D eigenvalue weighted by molar-refractivity contribution is 4.66. The molecule has 0 heteroatoms. The Morgan fingerprint density at radius 2 is 1.50 bits per heavy atom. The zero-order chi connectivity index (χ0) is 7.40. The molecule has 1 aliphatic rings. The lowest BCUT2D eigenvalue weighted by atomic mass is 9.84. The van der Waals surface area contributed by atoms with Crippen molar-refractivity contribution in [2.75, 3.05) is 0 Å². The second-order valence-electron chi connectivity index (χ2n) is 4.13. The van der Waals surface area contributed by atoms with Crippen LogP contribution < -0.4 is 0 Å². The maximum atomic E-state index is 2.34. The van der Waals surface area contributed by atoms with Gasteiger partial charge in [0.1, 0.15) is 0 Å². The molecule has 1 saturated carbocycles. The van der Waals surface area contributed by atoms with Crippen LogP contribution in [0.15, 0.2) is 0 Å². The van der Waals surface area contributed by atoms with E-state index in [1.54, 1.807) is 0 Å². The fourth-order valence-corrected chi connectivity index (χ4v) is 2.09. The second-order valence-corrected chi connectivity index (χ2v) is 4.13. The fourth-order valence-electron chi connectivity index (χ4n) is 2.09. The lowest BCUT2D eigenvalue weighted by molar-refractivity contribution is 0.305. The molecule has 0 bridgehead atoms. The smallest absolute Gasteiger partial charge is 0.0412 e. The van der Waals surface area contributed by atoms with Crippen molar-refractivity contribution in [3.05, 3.63) is 0 Å². The third-order valence-corrected chi connectivity index (χ3v) is 2.53. The van der Waals surface area contributed by atoms with Crippen LogP contribution in [0.25, 0.3) is 0 Å². The van der Waals surface area contributed by atoms with Crippen LogP contribution in [0.5, 0.6) is 0 Å². The van der Waals surface area contributed by atoms with E-state index in [0.717, 1.165) is 11.8 Å². The quantitative estimate of drug-likeness (QED) is 0.556. The van der Waals surface area contributed by atoms with E-state index < -0.39 is 0 Å². The summed E-state index contributed by atoms with van der Waals surface area (Å²) >= 11 is 0. The Bertz CT molecular complexity index is 78.0. The number of rotatable bonds is 2. The number of hydrogen-bond donors (Lipinski definition) is 0. The first-order valence-electron chi connectivity index (χ1n) is 4.79. The van der Waals surface area contributed by atoms with Gasteiger partial charge in [0.25, 0.3) is 0 Å². The third kappa shape index (κ3) is 5.62. The highest BCUT2D eigenvalue weighted by Gasteiger charge is 2.13. The van der Waals surface area contributed by atoms with Gasteiger partial charge in [0.2, 0.25) is 0 Å². The van der Waals surface area contributed by atoms with Crippen molar-refractivity contribution < 1.29 is 0 Å². The van der Waals surface area contributed by atoms with E-state index >= 15 is 0 Å². The van der Waals surface area contributed by atoms with Crippen LogP contribution in [0.1, 0.15) is 67.2 Å². The molecule has 0 spiro atoms. The van der Waals surface area contributed by atoms with E-state index in [1.165, 1.54) is 38.5 Å². The van der Waals surface area contributed by atoms with Gasteiger partial charge in [-0.25, -0.2) is 0 Å². The number of hydrogen-bond acceptors (Lipinski definition) is 0. The standard InChI is InChI=1S/C10H20.2CH4/c1-9(2)8-10-6-4-3-5-7-10;;/h9-10H,3-8H2,1-2H3;2*1H4. The zero-order valence-corrected chi connectivity index (χ0v) is 7.40. The van der Waals surface area contributed by atoms with Crippen LogP contribution in [-0.4, -0.2) is 0 Å². The van der Waals surface area contributed by atoms with Crippen LogP contribution in [-0.2, 0) is 0 Å². The zero-order valence-electron chi connectivity index (χ0n) is 7.40. The molecule has 0 N–H and O–H groups in total. The summed E-state index contributed by atoms with van der Waals surface area (Å²) in [4.78, 5) is 0. The average Bonchev–Trinajstić information content (AvgIpc) is 1.88. The molecular weight excluding hydrogens is 144 g/mol. The molecule has 1 aliphatic carbocycles. The Morgan fingerprint density at radius 3 is 1.92 bits per heavy atom. The van der Waals surface area contributed by atoms with Crippen molar-refractivity contribution in [1.29, 1.82) is 0 Å². The summed E-state index contributed by atoms with van der Waals surface area (Å²) in [5, 5.41) is 0. The molecule has 0 aliphatic heterocycles. The highest BCUT2D eigenvalue weighted by atomic mass is 14.2. The molecule has 0 nitrogen and oxygen atoms in total. The van der Waals surface area contributed by atoms with Crippen molar-refractivity contribution in [2.24, 2.45) is 11.8 Å². The van der Waals surface area contributed by atoms with Crippen LogP contribution in [0.2, 0.25) is 0 Å². The van der Waals surface area contributed by atoms with Crippen LogP contribution in [0.3, 0.4) is 0 Å². The Morgan fingerprint density at radius 1 is 1.00 bits per heavy atom. The average molecular weight is 172 g/mol. The van der Waals surface area contributed by atoms with Gasteiger partial charge in [-0.1, -0.05) is 60.8 Å². The van der Waals surface area contributed by atoms with E-state index in [2.05, 4.69) is 13.8 Å². The van der Waals surface area contributed by atoms with Crippen molar-refractivity contribution >= 4 is 0 Å². The summed E-state index contributed by atoms with van der Waals surface area (Å²) in [5.74, 6) is 2.00. The molecule has 0 aromatic rings. The second kappa shape index (κ2) is 7.64. The van der Waals surface area contributed by atoms with Crippen LogP contribution in [0.4, 0.5) is 0 Å². The molecule has 0 atom stereocenters. The minimum atomic E-state index is 0. The van der Waals surface area contributed by atoms with Gasteiger partial charge in [0.05, 0.1) is 0 Å². The molecule has 12 heavy (non-hydrogen) atoms. The van der Waals surface area contributed by atoms with Gasteiger partial charge in [-0.05, 0) is 18.3 Å². The normalized spacial score (nSPS) is 18.2. The van der Waals surface area contributed by atoms with E-state index in [4.69, 9.17) is 0 Å².